The third-order valence-corrected chi connectivity index (χ3v) is 2.95. The van der Waals surface area contributed by atoms with E-state index >= 15 is 0 Å². The highest BCUT2D eigenvalue weighted by Crippen LogP contribution is 2.19. The number of benzene rings is 1. The van der Waals surface area contributed by atoms with Crippen LogP contribution in [0.4, 0.5) is 0 Å². The summed E-state index contributed by atoms with van der Waals surface area (Å²) in [4.78, 5) is 36.1. The molecule has 0 aliphatic carbocycles. The van der Waals surface area contributed by atoms with Gasteiger partial charge in [0.2, 0.25) is 5.91 Å². The fourth-order valence-corrected chi connectivity index (χ4v) is 1.92. The number of rotatable bonds is 4. The van der Waals surface area contributed by atoms with Crippen LogP contribution in [0.1, 0.15) is 25.3 Å². The van der Waals surface area contributed by atoms with Gasteiger partial charge in [0.1, 0.15) is 0 Å². The maximum absolute atomic E-state index is 12.0. The van der Waals surface area contributed by atoms with Crippen molar-refractivity contribution in [3.05, 3.63) is 35.9 Å². The lowest BCUT2D eigenvalue weighted by Gasteiger charge is -2.14. The van der Waals surface area contributed by atoms with Crippen molar-refractivity contribution in [1.82, 2.24) is 4.90 Å². The summed E-state index contributed by atoms with van der Waals surface area (Å²) in [5.41, 5.74) is 0.867. The van der Waals surface area contributed by atoms with Crippen LogP contribution >= 0.6 is 0 Å². The summed E-state index contributed by atoms with van der Waals surface area (Å²) in [7, 11) is 0. The first kappa shape index (κ1) is 13.3. The summed E-state index contributed by atoms with van der Waals surface area (Å²) in [5, 5.41) is 0. The number of amides is 2. The Kier molecular flexibility index (Phi) is 3.94. The molecule has 19 heavy (non-hydrogen) atoms. The SMILES string of the molecule is CCC(=O)OC1CC(=O)N(Cc2ccccc2)C1=O. The van der Waals surface area contributed by atoms with Crippen LogP contribution < -0.4 is 0 Å². The van der Waals surface area contributed by atoms with Crippen molar-refractivity contribution < 1.29 is 19.1 Å². The van der Waals surface area contributed by atoms with Gasteiger partial charge in [0.15, 0.2) is 6.10 Å². The molecular formula is C14H15NO4. The highest BCUT2D eigenvalue weighted by Gasteiger charge is 2.40. The molecule has 5 heteroatoms. The third kappa shape index (κ3) is 2.99. The number of imide groups is 1. The Morgan fingerprint density at radius 2 is 2.00 bits per heavy atom. The minimum Gasteiger partial charge on any atom is -0.452 e. The number of nitrogens with zero attached hydrogens (tertiary/aromatic N) is 1. The van der Waals surface area contributed by atoms with E-state index < -0.39 is 18.0 Å². The molecule has 0 bridgehead atoms. The Morgan fingerprint density at radius 1 is 1.32 bits per heavy atom. The molecule has 0 spiro atoms. The first-order valence-electron chi connectivity index (χ1n) is 6.19. The van der Waals surface area contributed by atoms with Gasteiger partial charge in [0.25, 0.3) is 5.91 Å². The molecule has 1 aliphatic heterocycles. The van der Waals surface area contributed by atoms with E-state index in [-0.39, 0.29) is 25.3 Å². The second-order valence-corrected chi connectivity index (χ2v) is 4.34. The van der Waals surface area contributed by atoms with Crippen molar-refractivity contribution in [3.8, 4) is 0 Å². The second-order valence-electron chi connectivity index (χ2n) is 4.34. The summed E-state index contributed by atoms with van der Waals surface area (Å²) in [5.74, 6) is -1.20. The molecule has 0 radical (unpaired) electrons. The van der Waals surface area contributed by atoms with E-state index in [9.17, 15) is 14.4 Å². The van der Waals surface area contributed by atoms with Gasteiger partial charge < -0.3 is 4.74 Å². The summed E-state index contributed by atoms with van der Waals surface area (Å²) in [6.07, 6.45) is -0.822. The summed E-state index contributed by atoms with van der Waals surface area (Å²) < 4.78 is 4.96. The Labute approximate surface area is 111 Å². The van der Waals surface area contributed by atoms with E-state index in [1.54, 1.807) is 6.92 Å². The lowest BCUT2D eigenvalue weighted by molar-refractivity contribution is -0.156. The third-order valence-electron chi connectivity index (χ3n) is 2.95. The van der Waals surface area contributed by atoms with Crippen LogP contribution in [0.15, 0.2) is 30.3 Å². The fraction of sp³-hybridized carbons (Fsp3) is 0.357. The zero-order valence-electron chi connectivity index (χ0n) is 10.7. The first-order valence-corrected chi connectivity index (χ1v) is 6.19. The van der Waals surface area contributed by atoms with Gasteiger partial charge in [-0.05, 0) is 5.56 Å². The van der Waals surface area contributed by atoms with Crippen LogP contribution in [-0.2, 0) is 25.7 Å². The van der Waals surface area contributed by atoms with Crippen LogP contribution in [0.2, 0.25) is 0 Å². The van der Waals surface area contributed by atoms with Crippen molar-refractivity contribution in [3.63, 3.8) is 0 Å². The van der Waals surface area contributed by atoms with Gasteiger partial charge >= 0.3 is 5.97 Å². The molecule has 1 heterocycles. The number of ether oxygens (including phenoxy) is 1. The van der Waals surface area contributed by atoms with Gasteiger partial charge in [-0.2, -0.15) is 0 Å². The predicted octanol–water partition coefficient (Wildman–Crippen LogP) is 1.27. The van der Waals surface area contributed by atoms with Crippen LogP contribution in [0.5, 0.6) is 0 Å². The normalized spacial score (nSPS) is 18.8. The van der Waals surface area contributed by atoms with Crippen molar-refractivity contribution in [2.45, 2.75) is 32.4 Å². The first-order chi connectivity index (χ1) is 9.11. The lowest BCUT2D eigenvalue weighted by atomic mass is 10.2. The van der Waals surface area contributed by atoms with Gasteiger partial charge in [-0.3, -0.25) is 19.3 Å². The summed E-state index contributed by atoms with van der Waals surface area (Å²) in [6.45, 7) is 1.87. The van der Waals surface area contributed by atoms with E-state index in [0.717, 1.165) is 10.5 Å². The second kappa shape index (κ2) is 5.65. The van der Waals surface area contributed by atoms with Crippen molar-refractivity contribution in [2.75, 3.05) is 0 Å². The fourth-order valence-electron chi connectivity index (χ4n) is 1.92. The average Bonchev–Trinajstić information content (AvgIpc) is 2.67. The summed E-state index contributed by atoms with van der Waals surface area (Å²) in [6, 6.07) is 9.23. The van der Waals surface area contributed by atoms with Crippen molar-refractivity contribution in [2.24, 2.45) is 0 Å². The van der Waals surface area contributed by atoms with Gasteiger partial charge in [0, 0.05) is 6.42 Å². The Hall–Kier alpha value is -2.17. The van der Waals surface area contributed by atoms with Gasteiger partial charge in [-0.25, -0.2) is 0 Å². The maximum atomic E-state index is 12.0. The summed E-state index contributed by atoms with van der Waals surface area (Å²) >= 11 is 0. The maximum Gasteiger partial charge on any atom is 0.306 e. The van der Waals surface area contributed by atoms with E-state index in [0.29, 0.717) is 0 Å². The molecule has 2 amide bonds. The van der Waals surface area contributed by atoms with Crippen LogP contribution in [-0.4, -0.2) is 28.8 Å². The molecular weight excluding hydrogens is 246 g/mol. The minimum absolute atomic E-state index is 0.0581. The molecule has 0 N–H and O–H groups in total. The molecule has 1 aromatic carbocycles. The lowest BCUT2D eigenvalue weighted by Crippen LogP contribution is -2.33. The number of carbonyl (C=O) groups excluding carboxylic acids is 3. The van der Waals surface area contributed by atoms with E-state index in [1.807, 2.05) is 30.3 Å². The van der Waals surface area contributed by atoms with Gasteiger partial charge in [-0.1, -0.05) is 37.3 Å². The number of hydrogen-bond acceptors (Lipinski definition) is 4. The standard InChI is InChI=1S/C14H15NO4/c1-2-13(17)19-11-8-12(16)15(14(11)18)9-10-6-4-3-5-7-10/h3-7,11H,2,8-9H2,1H3. The number of esters is 1. The topological polar surface area (TPSA) is 63.7 Å². The quantitative estimate of drug-likeness (QED) is 0.604. The highest BCUT2D eigenvalue weighted by atomic mass is 16.5. The van der Waals surface area contributed by atoms with Crippen LogP contribution in [0.3, 0.4) is 0 Å². The van der Waals surface area contributed by atoms with E-state index in [4.69, 9.17) is 4.74 Å². The minimum atomic E-state index is -0.955. The Bertz CT molecular complexity index is 497. The molecule has 100 valence electrons. The van der Waals surface area contributed by atoms with E-state index in [1.165, 1.54) is 0 Å². The molecule has 0 aromatic heterocycles. The number of carbonyl (C=O) groups is 3. The highest BCUT2D eigenvalue weighted by molar-refractivity contribution is 6.05. The Morgan fingerprint density at radius 3 is 2.63 bits per heavy atom. The van der Waals surface area contributed by atoms with Crippen molar-refractivity contribution in [1.29, 1.82) is 0 Å². The predicted molar refractivity (Wildman–Crippen MR) is 66.8 cm³/mol. The zero-order chi connectivity index (χ0) is 13.8. The van der Waals surface area contributed by atoms with Gasteiger partial charge in [-0.15, -0.1) is 0 Å². The monoisotopic (exact) mass is 261 g/mol. The molecule has 0 saturated carbocycles. The molecule has 1 saturated heterocycles. The van der Waals surface area contributed by atoms with Crippen molar-refractivity contribution >= 4 is 17.8 Å². The molecule has 5 nitrogen and oxygen atoms in total. The molecule has 1 unspecified atom stereocenters. The Balaban J connectivity index is 2.04. The number of hydrogen-bond donors (Lipinski definition) is 0. The largest absolute Gasteiger partial charge is 0.452 e. The van der Waals surface area contributed by atoms with Gasteiger partial charge in [0.05, 0.1) is 13.0 Å². The molecule has 1 aliphatic rings. The van der Waals surface area contributed by atoms with E-state index in [2.05, 4.69) is 0 Å². The molecule has 2 rings (SSSR count). The molecule has 1 aromatic rings. The number of likely N-dealkylation sites (tertiary alicyclic amines) is 1. The average molecular weight is 261 g/mol. The van der Waals surface area contributed by atoms with Crippen LogP contribution in [0.25, 0.3) is 0 Å². The molecule has 1 atom stereocenters. The zero-order valence-corrected chi connectivity index (χ0v) is 10.7. The molecule has 1 fully saturated rings. The smallest absolute Gasteiger partial charge is 0.306 e. The van der Waals surface area contributed by atoms with Crippen LogP contribution in [0, 0.1) is 0 Å².